The summed E-state index contributed by atoms with van der Waals surface area (Å²) in [6, 6.07) is 6.11. The number of nitrogens with zero attached hydrogens (tertiary/aromatic N) is 6. The highest BCUT2D eigenvalue weighted by Gasteiger charge is 2.12. The second-order valence-corrected chi connectivity index (χ2v) is 5.73. The Kier molecular flexibility index (Phi) is 3.96. The van der Waals surface area contributed by atoms with Crippen molar-refractivity contribution in [2.24, 2.45) is 0 Å². The van der Waals surface area contributed by atoms with Crippen LogP contribution in [0.2, 0.25) is 0 Å². The fraction of sp³-hybridized carbons (Fsp3) is 0.375. The number of aryl methyl sites for hydroxylation is 1. The van der Waals surface area contributed by atoms with E-state index in [4.69, 9.17) is 4.74 Å². The zero-order chi connectivity index (χ0) is 16.4. The number of fused-ring (bicyclic) bond motifs is 1. The van der Waals surface area contributed by atoms with E-state index in [0.29, 0.717) is 12.3 Å². The fourth-order valence-corrected chi connectivity index (χ4v) is 2.75. The molecule has 0 amide bonds. The Morgan fingerprint density at radius 1 is 1.21 bits per heavy atom. The lowest BCUT2D eigenvalue weighted by Gasteiger charge is -2.27. The first-order chi connectivity index (χ1) is 11.8. The molecule has 3 aromatic heterocycles. The van der Waals surface area contributed by atoms with E-state index in [1.165, 1.54) is 6.33 Å². The van der Waals surface area contributed by atoms with Gasteiger partial charge in [0.1, 0.15) is 18.0 Å². The van der Waals surface area contributed by atoms with Gasteiger partial charge in [-0.3, -0.25) is 0 Å². The van der Waals surface area contributed by atoms with Crippen LogP contribution in [-0.4, -0.2) is 50.9 Å². The highest BCUT2D eigenvalue weighted by molar-refractivity contribution is 5.45. The summed E-state index contributed by atoms with van der Waals surface area (Å²) in [5, 5.41) is 7.57. The quantitative estimate of drug-likeness (QED) is 0.774. The van der Waals surface area contributed by atoms with Gasteiger partial charge in [-0.1, -0.05) is 6.07 Å². The van der Waals surface area contributed by atoms with Gasteiger partial charge in [0.25, 0.3) is 5.78 Å². The first-order valence-electron chi connectivity index (χ1n) is 7.98. The molecule has 0 aromatic carbocycles. The minimum absolute atomic E-state index is 0.596. The first kappa shape index (κ1) is 14.8. The van der Waals surface area contributed by atoms with Crippen molar-refractivity contribution in [3.63, 3.8) is 0 Å². The summed E-state index contributed by atoms with van der Waals surface area (Å²) in [4.78, 5) is 15.3. The molecular weight excluding hydrogens is 306 g/mol. The molecule has 1 aliphatic rings. The zero-order valence-corrected chi connectivity index (χ0v) is 13.5. The van der Waals surface area contributed by atoms with Gasteiger partial charge < -0.3 is 15.0 Å². The molecule has 8 heteroatoms. The third-order valence-electron chi connectivity index (χ3n) is 4.00. The minimum Gasteiger partial charge on any atom is -0.378 e. The normalized spacial score (nSPS) is 15.0. The smallest absolute Gasteiger partial charge is 0.254 e. The summed E-state index contributed by atoms with van der Waals surface area (Å²) in [5.41, 5.74) is 2.01. The lowest BCUT2D eigenvalue weighted by molar-refractivity contribution is 0.122. The second kappa shape index (κ2) is 6.40. The van der Waals surface area contributed by atoms with Crippen LogP contribution in [0.15, 0.2) is 30.7 Å². The van der Waals surface area contributed by atoms with Crippen LogP contribution in [0.3, 0.4) is 0 Å². The lowest BCUT2D eigenvalue weighted by atomic mass is 10.2. The van der Waals surface area contributed by atoms with Gasteiger partial charge in [0, 0.05) is 37.6 Å². The zero-order valence-electron chi connectivity index (χ0n) is 13.5. The third-order valence-corrected chi connectivity index (χ3v) is 4.00. The highest BCUT2D eigenvalue weighted by atomic mass is 16.5. The highest BCUT2D eigenvalue weighted by Crippen LogP contribution is 2.15. The molecule has 3 aromatic rings. The van der Waals surface area contributed by atoms with E-state index in [9.17, 15) is 0 Å². The molecule has 0 unspecified atom stereocenters. The van der Waals surface area contributed by atoms with Crippen LogP contribution in [0.5, 0.6) is 0 Å². The number of hydrogen-bond donors (Lipinski definition) is 1. The topological polar surface area (TPSA) is 80.5 Å². The lowest BCUT2D eigenvalue weighted by Crippen LogP contribution is -2.36. The molecule has 1 N–H and O–H groups in total. The average molecular weight is 325 g/mol. The van der Waals surface area contributed by atoms with Crippen LogP contribution in [0.25, 0.3) is 5.78 Å². The molecule has 0 aliphatic carbocycles. The van der Waals surface area contributed by atoms with Crippen molar-refractivity contribution in [3.05, 3.63) is 42.0 Å². The summed E-state index contributed by atoms with van der Waals surface area (Å²) in [5.74, 6) is 2.46. The molecule has 0 atom stereocenters. The van der Waals surface area contributed by atoms with Crippen molar-refractivity contribution in [1.82, 2.24) is 24.6 Å². The van der Waals surface area contributed by atoms with Gasteiger partial charge in [0.15, 0.2) is 0 Å². The van der Waals surface area contributed by atoms with Gasteiger partial charge in [0.2, 0.25) is 0 Å². The van der Waals surface area contributed by atoms with Gasteiger partial charge in [-0.25, -0.2) is 9.97 Å². The van der Waals surface area contributed by atoms with Gasteiger partial charge >= 0.3 is 0 Å². The number of nitrogens with one attached hydrogen (secondary N) is 1. The van der Waals surface area contributed by atoms with E-state index < -0.39 is 0 Å². The number of ether oxygens (including phenoxy) is 1. The van der Waals surface area contributed by atoms with Crippen molar-refractivity contribution in [2.45, 2.75) is 13.5 Å². The molecule has 124 valence electrons. The van der Waals surface area contributed by atoms with Gasteiger partial charge in [-0.2, -0.15) is 14.6 Å². The van der Waals surface area contributed by atoms with E-state index in [1.54, 1.807) is 4.52 Å². The molecule has 8 nitrogen and oxygen atoms in total. The molecule has 0 saturated carbocycles. The van der Waals surface area contributed by atoms with Crippen molar-refractivity contribution in [1.29, 1.82) is 0 Å². The maximum absolute atomic E-state index is 5.37. The van der Waals surface area contributed by atoms with E-state index in [2.05, 4.69) is 42.4 Å². The van der Waals surface area contributed by atoms with Crippen LogP contribution >= 0.6 is 0 Å². The molecular formula is C16H19N7O. The molecule has 1 saturated heterocycles. The monoisotopic (exact) mass is 325 g/mol. The van der Waals surface area contributed by atoms with E-state index in [1.807, 2.05) is 19.2 Å². The molecule has 0 radical (unpaired) electrons. The molecule has 4 heterocycles. The minimum atomic E-state index is 0.596. The third kappa shape index (κ3) is 3.00. The van der Waals surface area contributed by atoms with E-state index in [0.717, 1.165) is 49.2 Å². The average Bonchev–Trinajstić information content (AvgIpc) is 3.09. The molecule has 0 bridgehead atoms. The number of hydrogen-bond acceptors (Lipinski definition) is 7. The van der Waals surface area contributed by atoms with E-state index in [-0.39, 0.29) is 0 Å². The number of aromatic nitrogens is 5. The van der Waals surface area contributed by atoms with Crippen molar-refractivity contribution >= 4 is 17.4 Å². The second-order valence-electron chi connectivity index (χ2n) is 5.73. The van der Waals surface area contributed by atoms with Crippen LogP contribution in [0.1, 0.15) is 11.3 Å². The maximum atomic E-state index is 5.37. The number of anilines is 2. The SMILES string of the molecule is Cc1cc(NCc2ccc(N3CCOCC3)nc2)n2ncnc2n1. The van der Waals surface area contributed by atoms with Crippen LogP contribution in [-0.2, 0) is 11.3 Å². The fourth-order valence-electron chi connectivity index (χ4n) is 2.75. The Hall–Kier alpha value is -2.74. The largest absolute Gasteiger partial charge is 0.378 e. The number of morpholine rings is 1. The predicted molar refractivity (Wildman–Crippen MR) is 90.1 cm³/mol. The van der Waals surface area contributed by atoms with Gasteiger partial charge in [-0.15, -0.1) is 0 Å². The van der Waals surface area contributed by atoms with Crippen LogP contribution in [0, 0.1) is 6.92 Å². The Morgan fingerprint density at radius 3 is 2.88 bits per heavy atom. The standard InChI is InChI=1S/C16H19N7O/c1-12-8-15(23-16(21-12)19-11-20-23)18-10-13-2-3-14(17-9-13)22-4-6-24-7-5-22/h2-3,8-9,11,18H,4-7,10H2,1H3. The summed E-state index contributed by atoms with van der Waals surface area (Å²) in [6.07, 6.45) is 3.41. The molecule has 1 fully saturated rings. The van der Waals surface area contributed by atoms with Crippen molar-refractivity contribution in [2.75, 3.05) is 36.5 Å². The van der Waals surface area contributed by atoms with Crippen molar-refractivity contribution < 1.29 is 4.74 Å². The van der Waals surface area contributed by atoms with E-state index >= 15 is 0 Å². The molecule has 0 spiro atoms. The number of pyridine rings is 1. The Bertz CT molecular complexity index is 824. The predicted octanol–water partition coefficient (Wildman–Crippen LogP) is 1.28. The summed E-state index contributed by atoms with van der Waals surface area (Å²) < 4.78 is 7.07. The summed E-state index contributed by atoms with van der Waals surface area (Å²) >= 11 is 0. The van der Waals surface area contributed by atoms with Crippen LogP contribution < -0.4 is 10.2 Å². The molecule has 1 aliphatic heterocycles. The Morgan fingerprint density at radius 2 is 2.08 bits per heavy atom. The first-order valence-corrected chi connectivity index (χ1v) is 7.98. The van der Waals surface area contributed by atoms with Crippen molar-refractivity contribution in [3.8, 4) is 0 Å². The Labute approximate surface area is 139 Å². The Balaban J connectivity index is 1.46. The van der Waals surface area contributed by atoms with Gasteiger partial charge in [0.05, 0.1) is 13.2 Å². The van der Waals surface area contributed by atoms with Gasteiger partial charge in [-0.05, 0) is 18.6 Å². The summed E-state index contributed by atoms with van der Waals surface area (Å²) in [7, 11) is 0. The van der Waals surface area contributed by atoms with Crippen LogP contribution in [0.4, 0.5) is 11.6 Å². The molecule has 4 rings (SSSR count). The maximum Gasteiger partial charge on any atom is 0.254 e. The molecule has 24 heavy (non-hydrogen) atoms. The number of rotatable bonds is 4. The summed E-state index contributed by atoms with van der Waals surface area (Å²) in [6.45, 7) is 5.92.